The minimum Gasteiger partial charge on any atom is -0.375 e. The molecule has 84 valence electrons. The van der Waals surface area contributed by atoms with Crippen LogP contribution in [0, 0.1) is 6.92 Å². The summed E-state index contributed by atoms with van der Waals surface area (Å²) in [5.41, 5.74) is 0.906. The summed E-state index contributed by atoms with van der Waals surface area (Å²) in [6.45, 7) is 0.591. The van der Waals surface area contributed by atoms with Crippen molar-refractivity contribution >= 4 is 28.9 Å². The van der Waals surface area contributed by atoms with Gasteiger partial charge in [-0.3, -0.25) is 0 Å². The Kier molecular flexibility index (Phi) is 3.73. The molecule has 0 aliphatic heterocycles. The Morgan fingerprint density at radius 2 is 1.80 bits per heavy atom. The van der Waals surface area contributed by atoms with E-state index >= 15 is 0 Å². The van der Waals surface area contributed by atoms with E-state index < -0.39 is 12.7 Å². The maximum absolute atomic E-state index is 11.9. The van der Waals surface area contributed by atoms with Crippen LogP contribution < -0.4 is 5.32 Å². The average Bonchev–Trinajstić information content (AvgIpc) is 2.07. The molecule has 0 saturated carbocycles. The van der Waals surface area contributed by atoms with Crippen LogP contribution >= 0.6 is 23.2 Å². The second-order valence-corrected chi connectivity index (χ2v) is 3.86. The van der Waals surface area contributed by atoms with E-state index in [0.717, 1.165) is 5.56 Å². The Bertz CT molecular complexity index is 363. The van der Waals surface area contributed by atoms with Crippen molar-refractivity contribution in [3.8, 4) is 0 Å². The molecule has 0 saturated heterocycles. The third-order valence-corrected chi connectivity index (χ3v) is 2.45. The first-order valence-electron chi connectivity index (χ1n) is 4.06. The van der Waals surface area contributed by atoms with Gasteiger partial charge in [0, 0.05) is 5.02 Å². The molecule has 1 aromatic carbocycles. The molecule has 0 amide bonds. The van der Waals surface area contributed by atoms with Gasteiger partial charge in [-0.25, -0.2) is 0 Å². The van der Waals surface area contributed by atoms with Crippen LogP contribution in [0.4, 0.5) is 18.9 Å². The Morgan fingerprint density at radius 1 is 1.20 bits per heavy atom. The van der Waals surface area contributed by atoms with E-state index in [1.54, 1.807) is 6.92 Å². The summed E-state index contributed by atoms with van der Waals surface area (Å²) in [5.74, 6) is 0. The summed E-state index contributed by atoms with van der Waals surface area (Å²) < 4.78 is 35.7. The molecule has 0 heterocycles. The number of rotatable bonds is 2. The molecule has 0 aliphatic carbocycles. The third-order valence-electron chi connectivity index (χ3n) is 1.73. The number of hydrogen-bond acceptors (Lipinski definition) is 1. The highest BCUT2D eigenvalue weighted by Crippen LogP contribution is 2.29. The van der Waals surface area contributed by atoms with Crippen LogP contribution in [-0.4, -0.2) is 12.7 Å². The van der Waals surface area contributed by atoms with Gasteiger partial charge in [0.2, 0.25) is 0 Å². The maximum Gasteiger partial charge on any atom is 0.405 e. The molecule has 0 fully saturated rings. The highest BCUT2D eigenvalue weighted by molar-refractivity contribution is 6.35. The number of anilines is 1. The topological polar surface area (TPSA) is 12.0 Å². The lowest BCUT2D eigenvalue weighted by atomic mass is 10.2. The van der Waals surface area contributed by atoms with Crippen LogP contribution in [0.15, 0.2) is 12.1 Å². The number of benzene rings is 1. The molecular formula is C9H8Cl2F3N. The highest BCUT2D eigenvalue weighted by Gasteiger charge is 2.26. The first kappa shape index (κ1) is 12.5. The molecule has 0 radical (unpaired) electrons. The van der Waals surface area contributed by atoms with Crippen LogP contribution in [0.25, 0.3) is 0 Å². The maximum atomic E-state index is 11.9. The van der Waals surface area contributed by atoms with Crippen molar-refractivity contribution < 1.29 is 13.2 Å². The number of halogens is 5. The van der Waals surface area contributed by atoms with Gasteiger partial charge >= 0.3 is 6.18 Å². The van der Waals surface area contributed by atoms with Crippen LogP contribution in [0.2, 0.25) is 10.0 Å². The molecular weight excluding hydrogens is 250 g/mol. The Labute approximate surface area is 95.2 Å². The van der Waals surface area contributed by atoms with Crippen molar-refractivity contribution in [3.05, 3.63) is 27.7 Å². The van der Waals surface area contributed by atoms with Crippen molar-refractivity contribution in [2.75, 3.05) is 11.9 Å². The van der Waals surface area contributed by atoms with Gasteiger partial charge in [-0.2, -0.15) is 13.2 Å². The van der Waals surface area contributed by atoms with Crippen molar-refractivity contribution in [1.82, 2.24) is 0 Å². The van der Waals surface area contributed by atoms with Gasteiger partial charge in [-0.1, -0.05) is 23.2 Å². The quantitative estimate of drug-likeness (QED) is 0.834. The fourth-order valence-corrected chi connectivity index (χ4v) is 1.43. The number of hydrogen-bond donors (Lipinski definition) is 1. The zero-order valence-corrected chi connectivity index (χ0v) is 9.26. The van der Waals surface area contributed by atoms with Gasteiger partial charge in [0.05, 0.1) is 10.7 Å². The number of nitrogens with one attached hydrogen (secondary N) is 1. The molecule has 0 unspecified atom stereocenters. The molecule has 1 N–H and O–H groups in total. The van der Waals surface area contributed by atoms with Crippen molar-refractivity contribution in [1.29, 1.82) is 0 Å². The molecule has 15 heavy (non-hydrogen) atoms. The third kappa shape index (κ3) is 3.80. The van der Waals surface area contributed by atoms with Crippen LogP contribution in [-0.2, 0) is 0 Å². The molecule has 1 rings (SSSR count). The summed E-state index contributed by atoms with van der Waals surface area (Å²) >= 11 is 11.5. The summed E-state index contributed by atoms with van der Waals surface area (Å²) in [4.78, 5) is 0. The van der Waals surface area contributed by atoms with E-state index in [0.29, 0.717) is 5.02 Å². The van der Waals surface area contributed by atoms with Crippen LogP contribution in [0.5, 0.6) is 0 Å². The van der Waals surface area contributed by atoms with E-state index in [9.17, 15) is 13.2 Å². The largest absolute Gasteiger partial charge is 0.405 e. The molecule has 0 atom stereocenters. The van der Waals surface area contributed by atoms with Gasteiger partial charge in [-0.15, -0.1) is 0 Å². The smallest absolute Gasteiger partial charge is 0.375 e. The second-order valence-electron chi connectivity index (χ2n) is 3.05. The fourth-order valence-electron chi connectivity index (χ4n) is 0.977. The van der Waals surface area contributed by atoms with Crippen molar-refractivity contribution in [3.63, 3.8) is 0 Å². The summed E-state index contributed by atoms with van der Waals surface area (Å²) in [6, 6.07) is 2.90. The summed E-state index contributed by atoms with van der Waals surface area (Å²) in [5, 5.41) is 2.78. The molecule has 6 heteroatoms. The van der Waals surface area contributed by atoms with Gasteiger partial charge in [0.25, 0.3) is 0 Å². The van der Waals surface area contributed by atoms with E-state index in [4.69, 9.17) is 23.2 Å². The molecule has 1 nitrogen and oxygen atoms in total. The van der Waals surface area contributed by atoms with Crippen LogP contribution in [0.1, 0.15) is 5.56 Å². The lowest BCUT2D eigenvalue weighted by molar-refractivity contribution is -0.115. The lowest BCUT2D eigenvalue weighted by Gasteiger charge is -2.12. The van der Waals surface area contributed by atoms with Gasteiger partial charge in [0.1, 0.15) is 6.54 Å². The Hall–Kier alpha value is -0.610. The minimum absolute atomic E-state index is 0.185. The number of alkyl halides is 3. The summed E-state index contributed by atoms with van der Waals surface area (Å²) in [6.07, 6.45) is -4.28. The molecule has 1 aromatic rings. The first-order valence-corrected chi connectivity index (χ1v) is 4.81. The zero-order chi connectivity index (χ0) is 11.6. The van der Waals surface area contributed by atoms with Crippen LogP contribution in [0.3, 0.4) is 0 Å². The van der Waals surface area contributed by atoms with Gasteiger partial charge < -0.3 is 5.32 Å². The second kappa shape index (κ2) is 4.49. The lowest BCUT2D eigenvalue weighted by Crippen LogP contribution is -2.21. The van der Waals surface area contributed by atoms with E-state index in [1.807, 2.05) is 0 Å². The normalized spacial score (nSPS) is 11.6. The average molecular weight is 258 g/mol. The molecule has 0 aliphatic rings. The predicted octanol–water partition coefficient (Wildman–Crippen LogP) is 4.28. The zero-order valence-electron chi connectivity index (χ0n) is 7.75. The Balaban J connectivity index is 2.82. The Morgan fingerprint density at radius 3 is 2.33 bits per heavy atom. The molecule has 0 bridgehead atoms. The summed E-state index contributed by atoms with van der Waals surface area (Å²) in [7, 11) is 0. The SMILES string of the molecule is Cc1cc(Cl)c(NCC(F)(F)F)cc1Cl. The van der Waals surface area contributed by atoms with E-state index in [-0.39, 0.29) is 10.7 Å². The number of aryl methyl sites for hydroxylation is 1. The minimum atomic E-state index is -4.28. The highest BCUT2D eigenvalue weighted by atomic mass is 35.5. The van der Waals surface area contributed by atoms with Crippen molar-refractivity contribution in [2.24, 2.45) is 0 Å². The fraction of sp³-hybridized carbons (Fsp3) is 0.333. The van der Waals surface area contributed by atoms with E-state index in [2.05, 4.69) is 5.32 Å². The van der Waals surface area contributed by atoms with E-state index in [1.165, 1.54) is 12.1 Å². The first-order chi connectivity index (χ1) is 6.79. The van der Waals surface area contributed by atoms with Gasteiger partial charge in [0.15, 0.2) is 0 Å². The van der Waals surface area contributed by atoms with Gasteiger partial charge in [-0.05, 0) is 24.6 Å². The van der Waals surface area contributed by atoms with Crippen molar-refractivity contribution in [2.45, 2.75) is 13.1 Å². The monoisotopic (exact) mass is 257 g/mol. The standard InChI is InChI=1S/C9H8Cl2F3N/c1-5-2-7(11)8(3-6(5)10)15-4-9(12,13)14/h2-3,15H,4H2,1H3. The molecule has 0 aromatic heterocycles. The molecule has 0 spiro atoms. The predicted molar refractivity (Wildman–Crippen MR) is 55.7 cm³/mol.